The zero-order valence-corrected chi connectivity index (χ0v) is 11.7. The highest BCUT2D eigenvalue weighted by Crippen LogP contribution is 2.31. The van der Waals surface area contributed by atoms with Gasteiger partial charge in [-0.1, -0.05) is 6.92 Å². The number of benzene rings is 1. The SMILES string of the molecule is Cc1c(C(=O)NCC(C)CO)sc2ccc(F)cc12. The maximum Gasteiger partial charge on any atom is 0.261 e. The first-order valence-corrected chi connectivity index (χ1v) is 6.92. The summed E-state index contributed by atoms with van der Waals surface area (Å²) in [6, 6.07) is 4.54. The Labute approximate surface area is 115 Å². The Kier molecular flexibility index (Phi) is 4.17. The maximum atomic E-state index is 13.2. The number of fused-ring (bicyclic) bond motifs is 1. The Morgan fingerprint density at radius 1 is 1.53 bits per heavy atom. The van der Waals surface area contributed by atoms with Crippen LogP contribution in [0.25, 0.3) is 10.1 Å². The van der Waals surface area contributed by atoms with Crippen LogP contribution in [0, 0.1) is 18.7 Å². The summed E-state index contributed by atoms with van der Waals surface area (Å²) in [7, 11) is 0. The monoisotopic (exact) mass is 281 g/mol. The second-order valence-corrected chi connectivity index (χ2v) is 5.75. The molecule has 0 radical (unpaired) electrons. The molecule has 0 fully saturated rings. The van der Waals surface area contributed by atoms with Gasteiger partial charge >= 0.3 is 0 Å². The minimum absolute atomic E-state index is 0.0241. The van der Waals surface area contributed by atoms with Crippen LogP contribution >= 0.6 is 11.3 Å². The number of nitrogens with one attached hydrogen (secondary N) is 1. The van der Waals surface area contributed by atoms with Gasteiger partial charge in [-0.15, -0.1) is 11.3 Å². The summed E-state index contributed by atoms with van der Waals surface area (Å²) in [6.45, 7) is 4.14. The van der Waals surface area contributed by atoms with Crippen LogP contribution in [0.3, 0.4) is 0 Å². The highest BCUT2D eigenvalue weighted by Gasteiger charge is 2.16. The third-order valence-corrected chi connectivity index (χ3v) is 4.30. The van der Waals surface area contributed by atoms with Crippen molar-refractivity contribution in [1.29, 1.82) is 0 Å². The minimum atomic E-state index is -0.297. The zero-order chi connectivity index (χ0) is 14.0. The van der Waals surface area contributed by atoms with E-state index < -0.39 is 0 Å². The van der Waals surface area contributed by atoms with Crippen molar-refractivity contribution in [2.75, 3.05) is 13.2 Å². The predicted octanol–water partition coefficient (Wildman–Crippen LogP) is 2.71. The fraction of sp³-hybridized carbons (Fsp3) is 0.357. The second-order valence-electron chi connectivity index (χ2n) is 4.69. The number of thiophene rings is 1. The molecule has 3 nitrogen and oxygen atoms in total. The van der Waals surface area contributed by atoms with Crippen LogP contribution in [0.15, 0.2) is 18.2 Å². The summed E-state index contributed by atoms with van der Waals surface area (Å²) in [5.74, 6) is -0.440. The standard InChI is InChI=1S/C14H16FNO2S/c1-8(7-17)6-16-14(18)13-9(2)11-5-10(15)3-4-12(11)19-13/h3-5,8,17H,6-7H2,1-2H3,(H,16,18). The molecule has 0 saturated carbocycles. The molecule has 5 heteroatoms. The average Bonchev–Trinajstić information content (AvgIpc) is 2.73. The molecule has 19 heavy (non-hydrogen) atoms. The van der Waals surface area contributed by atoms with Gasteiger partial charge in [0, 0.05) is 17.9 Å². The predicted molar refractivity (Wildman–Crippen MR) is 75.1 cm³/mol. The number of aliphatic hydroxyl groups excluding tert-OH is 1. The summed E-state index contributed by atoms with van der Waals surface area (Å²) < 4.78 is 14.1. The fourth-order valence-corrected chi connectivity index (χ4v) is 2.93. The lowest BCUT2D eigenvalue weighted by Crippen LogP contribution is -2.29. The van der Waals surface area contributed by atoms with Crippen molar-refractivity contribution in [3.63, 3.8) is 0 Å². The van der Waals surface area contributed by atoms with Gasteiger partial charge in [0.25, 0.3) is 5.91 Å². The van der Waals surface area contributed by atoms with Gasteiger partial charge < -0.3 is 10.4 Å². The number of hydrogen-bond acceptors (Lipinski definition) is 3. The molecule has 2 rings (SSSR count). The number of amides is 1. The molecule has 1 heterocycles. The Balaban J connectivity index is 2.25. The Hall–Kier alpha value is -1.46. The van der Waals surface area contributed by atoms with E-state index in [4.69, 9.17) is 5.11 Å². The number of carbonyl (C=O) groups is 1. The van der Waals surface area contributed by atoms with Crippen molar-refractivity contribution < 1.29 is 14.3 Å². The maximum absolute atomic E-state index is 13.2. The Morgan fingerprint density at radius 3 is 2.95 bits per heavy atom. The number of hydrogen-bond donors (Lipinski definition) is 2. The summed E-state index contributed by atoms with van der Waals surface area (Å²) in [6.07, 6.45) is 0. The van der Waals surface area contributed by atoms with Gasteiger partial charge in [-0.3, -0.25) is 4.79 Å². The molecule has 1 amide bonds. The summed E-state index contributed by atoms with van der Waals surface area (Å²) in [4.78, 5) is 12.7. The van der Waals surface area contributed by atoms with Crippen molar-refractivity contribution >= 4 is 27.3 Å². The van der Waals surface area contributed by atoms with E-state index in [-0.39, 0.29) is 24.2 Å². The van der Waals surface area contributed by atoms with E-state index in [0.29, 0.717) is 11.4 Å². The number of rotatable bonds is 4. The van der Waals surface area contributed by atoms with E-state index in [9.17, 15) is 9.18 Å². The van der Waals surface area contributed by atoms with E-state index in [2.05, 4.69) is 5.32 Å². The molecule has 1 atom stereocenters. The van der Waals surface area contributed by atoms with E-state index in [1.807, 2.05) is 13.8 Å². The smallest absolute Gasteiger partial charge is 0.261 e. The number of aryl methyl sites for hydroxylation is 1. The van der Waals surface area contributed by atoms with Gasteiger partial charge in [-0.25, -0.2) is 4.39 Å². The Bertz CT molecular complexity index is 609. The lowest BCUT2D eigenvalue weighted by atomic mass is 10.1. The van der Waals surface area contributed by atoms with Crippen molar-refractivity contribution in [3.8, 4) is 0 Å². The van der Waals surface area contributed by atoms with Crippen molar-refractivity contribution in [1.82, 2.24) is 5.32 Å². The molecule has 0 spiro atoms. The lowest BCUT2D eigenvalue weighted by Gasteiger charge is -2.08. The normalized spacial score (nSPS) is 12.6. The minimum Gasteiger partial charge on any atom is -0.396 e. The van der Waals surface area contributed by atoms with Crippen LogP contribution in [0.4, 0.5) is 4.39 Å². The largest absolute Gasteiger partial charge is 0.396 e. The third kappa shape index (κ3) is 2.93. The molecule has 0 aliphatic carbocycles. The van der Waals surface area contributed by atoms with E-state index >= 15 is 0 Å². The number of carbonyl (C=O) groups excluding carboxylic acids is 1. The highest BCUT2D eigenvalue weighted by atomic mass is 32.1. The molecule has 0 aliphatic rings. The highest BCUT2D eigenvalue weighted by molar-refractivity contribution is 7.21. The van der Waals surface area contributed by atoms with Gasteiger partial charge in [0.05, 0.1) is 4.88 Å². The zero-order valence-electron chi connectivity index (χ0n) is 10.9. The van der Waals surface area contributed by atoms with Gasteiger partial charge in [0.2, 0.25) is 0 Å². The Morgan fingerprint density at radius 2 is 2.26 bits per heavy atom. The van der Waals surface area contributed by atoms with Gasteiger partial charge in [0.15, 0.2) is 0 Å². The molecule has 0 bridgehead atoms. The van der Waals surface area contributed by atoms with Crippen molar-refractivity contribution in [2.24, 2.45) is 5.92 Å². The van der Waals surface area contributed by atoms with Crippen LogP contribution < -0.4 is 5.32 Å². The summed E-state index contributed by atoms with van der Waals surface area (Å²) >= 11 is 1.36. The van der Waals surface area contributed by atoms with Crippen LogP contribution in [0.2, 0.25) is 0 Å². The average molecular weight is 281 g/mol. The summed E-state index contributed by atoms with van der Waals surface area (Å²) in [5.41, 5.74) is 0.800. The molecule has 0 saturated heterocycles. The second kappa shape index (κ2) is 5.67. The molecular weight excluding hydrogens is 265 g/mol. The first kappa shape index (κ1) is 14.0. The van der Waals surface area contributed by atoms with Gasteiger partial charge in [-0.2, -0.15) is 0 Å². The molecule has 2 aromatic rings. The fourth-order valence-electron chi connectivity index (χ4n) is 1.82. The third-order valence-electron chi connectivity index (χ3n) is 3.03. The van der Waals surface area contributed by atoms with E-state index in [1.165, 1.54) is 23.5 Å². The van der Waals surface area contributed by atoms with Gasteiger partial charge in [-0.05, 0) is 42.0 Å². The van der Waals surface area contributed by atoms with E-state index in [0.717, 1.165) is 15.6 Å². The first-order chi connectivity index (χ1) is 9.02. The molecule has 2 N–H and O–H groups in total. The first-order valence-electron chi connectivity index (χ1n) is 6.10. The lowest BCUT2D eigenvalue weighted by molar-refractivity contribution is 0.0946. The molecule has 0 aliphatic heterocycles. The van der Waals surface area contributed by atoms with E-state index in [1.54, 1.807) is 6.07 Å². The van der Waals surface area contributed by atoms with Crippen LogP contribution in [0.1, 0.15) is 22.2 Å². The molecule has 102 valence electrons. The molecule has 1 aromatic heterocycles. The van der Waals surface area contributed by atoms with Gasteiger partial charge in [0.1, 0.15) is 5.82 Å². The van der Waals surface area contributed by atoms with Crippen molar-refractivity contribution in [2.45, 2.75) is 13.8 Å². The van der Waals surface area contributed by atoms with Crippen LogP contribution in [-0.2, 0) is 0 Å². The molecule has 1 aromatic carbocycles. The number of halogens is 1. The topological polar surface area (TPSA) is 49.3 Å². The quantitative estimate of drug-likeness (QED) is 0.905. The van der Waals surface area contributed by atoms with Crippen LogP contribution in [0.5, 0.6) is 0 Å². The molecular formula is C14H16FNO2S. The molecule has 1 unspecified atom stereocenters. The van der Waals surface area contributed by atoms with Crippen molar-refractivity contribution in [3.05, 3.63) is 34.5 Å². The number of aliphatic hydroxyl groups is 1. The van der Waals surface area contributed by atoms with Crippen LogP contribution in [-0.4, -0.2) is 24.2 Å². The summed E-state index contributed by atoms with van der Waals surface area (Å²) in [5, 5.41) is 12.5.